The van der Waals surface area contributed by atoms with E-state index in [0.717, 1.165) is 19.3 Å². The number of benzene rings is 1. The number of hydrogen-bond acceptors (Lipinski definition) is 2. The first-order valence-electron chi connectivity index (χ1n) is 5.06. The smallest absolute Gasteiger partial charge is 0.265 e. The van der Waals surface area contributed by atoms with Crippen molar-refractivity contribution in [1.29, 1.82) is 0 Å². The van der Waals surface area contributed by atoms with E-state index in [1.807, 2.05) is 18.2 Å². The fourth-order valence-corrected chi connectivity index (χ4v) is 3.09. The minimum absolute atomic E-state index is 0.0647. The summed E-state index contributed by atoms with van der Waals surface area (Å²) in [5, 5.41) is 0. The molecule has 1 aromatic carbocycles. The molecule has 1 N–H and O–H groups in total. The van der Waals surface area contributed by atoms with E-state index < -0.39 is 10.1 Å². The van der Waals surface area contributed by atoms with E-state index in [4.69, 9.17) is 4.55 Å². The largest absolute Gasteiger partial charge is 0.286 e. The Morgan fingerprint density at radius 2 is 1.93 bits per heavy atom. The van der Waals surface area contributed by atoms with E-state index in [9.17, 15) is 8.42 Å². The molecule has 1 atom stereocenters. The van der Waals surface area contributed by atoms with Crippen molar-refractivity contribution in [3.05, 3.63) is 35.4 Å². The number of aryl methyl sites for hydroxylation is 1. The van der Waals surface area contributed by atoms with Crippen molar-refractivity contribution >= 4 is 10.1 Å². The van der Waals surface area contributed by atoms with Crippen molar-refractivity contribution in [2.24, 2.45) is 5.92 Å². The zero-order chi connectivity index (χ0) is 10.9. The second kappa shape index (κ2) is 3.94. The van der Waals surface area contributed by atoms with Crippen molar-refractivity contribution in [3.8, 4) is 0 Å². The first-order chi connectivity index (χ1) is 7.04. The SMILES string of the molecule is O=S(=O)(O)CC1CCc2ccccc2C1. The highest BCUT2D eigenvalue weighted by Crippen LogP contribution is 2.25. The van der Waals surface area contributed by atoms with Crippen LogP contribution in [0.2, 0.25) is 0 Å². The van der Waals surface area contributed by atoms with Gasteiger partial charge in [-0.3, -0.25) is 4.55 Å². The van der Waals surface area contributed by atoms with Gasteiger partial charge in [-0.05, 0) is 36.3 Å². The Morgan fingerprint density at radius 1 is 1.27 bits per heavy atom. The van der Waals surface area contributed by atoms with Crippen LogP contribution in [0.3, 0.4) is 0 Å². The summed E-state index contributed by atoms with van der Waals surface area (Å²) in [6, 6.07) is 8.08. The summed E-state index contributed by atoms with van der Waals surface area (Å²) in [5.41, 5.74) is 2.53. The molecule has 1 aromatic rings. The zero-order valence-electron chi connectivity index (χ0n) is 8.39. The second-order valence-electron chi connectivity index (χ2n) is 4.13. The van der Waals surface area contributed by atoms with Gasteiger partial charge in [0, 0.05) is 0 Å². The maximum atomic E-state index is 10.8. The van der Waals surface area contributed by atoms with Gasteiger partial charge < -0.3 is 0 Å². The van der Waals surface area contributed by atoms with Gasteiger partial charge >= 0.3 is 0 Å². The van der Waals surface area contributed by atoms with Gasteiger partial charge in [0.2, 0.25) is 0 Å². The zero-order valence-corrected chi connectivity index (χ0v) is 9.20. The van der Waals surface area contributed by atoms with Crippen LogP contribution in [0.15, 0.2) is 24.3 Å². The van der Waals surface area contributed by atoms with Crippen LogP contribution in [0.1, 0.15) is 17.5 Å². The quantitative estimate of drug-likeness (QED) is 0.781. The van der Waals surface area contributed by atoms with Crippen LogP contribution in [-0.2, 0) is 23.0 Å². The summed E-state index contributed by atoms with van der Waals surface area (Å²) in [5.74, 6) is -0.0451. The normalized spacial score (nSPS) is 21.0. The maximum Gasteiger partial charge on any atom is 0.265 e. The van der Waals surface area contributed by atoms with Gasteiger partial charge in [0.05, 0.1) is 5.75 Å². The molecule has 0 amide bonds. The van der Waals surface area contributed by atoms with E-state index in [1.165, 1.54) is 11.1 Å². The van der Waals surface area contributed by atoms with E-state index in [0.29, 0.717) is 0 Å². The van der Waals surface area contributed by atoms with E-state index in [1.54, 1.807) is 0 Å². The van der Waals surface area contributed by atoms with Gasteiger partial charge in [-0.25, -0.2) is 0 Å². The minimum atomic E-state index is -3.83. The average Bonchev–Trinajstić information content (AvgIpc) is 2.15. The van der Waals surface area contributed by atoms with Crippen LogP contribution in [0.5, 0.6) is 0 Å². The van der Waals surface area contributed by atoms with Crippen LogP contribution in [-0.4, -0.2) is 18.7 Å². The summed E-state index contributed by atoms with van der Waals surface area (Å²) < 4.78 is 30.3. The van der Waals surface area contributed by atoms with Crippen molar-refractivity contribution < 1.29 is 13.0 Å². The van der Waals surface area contributed by atoms with Gasteiger partial charge in [0.15, 0.2) is 0 Å². The molecule has 0 heterocycles. The molecule has 15 heavy (non-hydrogen) atoms. The Morgan fingerprint density at radius 3 is 2.60 bits per heavy atom. The Bertz CT molecular complexity index is 451. The number of fused-ring (bicyclic) bond motifs is 1. The average molecular weight is 226 g/mol. The molecule has 1 aliphatic carbocycles. The van der Waals surface area contributed by atoms with Crippen LogP contribution >= 0.6 is 0 Å². The van der Waals surface area contributed by atoms with Crippen molar-refractivity contribution in [2.75, 3.05) is 5.75 Å². The fourth-order valence-electron chi connectivity index (χ4n) is 2.21. The molecule has 82 valence electrons. The third kappa shape index (κ3) is 2.79. The summed E-state index contributed by atoms with van der Waals surface area (Å²) in [6.45, 7) is 0. The molecule has 1 unspecified atom stereocenters. The lowest BCUT2D eigenvalue weighted by atomic mass is 9.85. The van der Waals surface area contributed by atoms with Crippen LogP contribution < -0.4 is 0 Å². The lowest BCUT2D eigenvalue weighted by Crippen LogP contribution is -2.22. The Hall–Kier alpha value is -0.870. The number of hydrogen-bond donors (Lipinski definition) is 1. The van der Waals surface area contributed by atoms with E-state index >= 15 is 0 Å². The second-order valence-corrected chi connectivity index (χ2v) is 5.62. The molecule has 0 saturated carbocycles. The van der Waals surface area contributed by atoms with Crippen LogP contribution in [0, 0.1) is 5.92 Å². The summed E-state index contributed by atoms with van der Waals surface area (Å²) in [7, 11) is -3.83. The molecule has 0 aliphatic heterocycles. The Labute approximate surface area is 89.9 Å². The standard InChI is InChI=1S/C11H14O3S/c12-15(13,14)8-9-5-6-10-3-1-2-4-11(10)7-9/h1-4,9H,5-8H2,(H,12,13,14). The molecular weight excluding hydrogens is 212 g/mol. The highest BCUT2D eigenvalue weighted by atomic mass is 32.2. The lowest BCUT2D eigenvalue weighted by molar-refractivity contribution is 0.443. The maximum absolute atomic E-state index is 10.8. The summed E-state index contributed by atoms with van der Waals surface area (Å²) in [6.07, 6.45) is 2.52. The van der Waals surface area contributed by atoms with E-state index in [2.05, 4.69) is 6.07 Å². The number of rotatable bonds is 2. The molecular formula is C11H14O3S. The van der Waals surface area contributed by atoms with Crippen molar-refractivity contribution in [2.45, 2.75) is 19.3 Å². The van der Waals surface area contributed by atoms with Crippen molar-refractivity contribution in [3.63, 3.8) is 0 Å². The minimum Gasteiger partial charge on any atom is -0.286 e. The molecule has 3 nitrogen and oxygen atoms in total. The monoisotopic (exact) mass is 226 g/mol. The molecule has 0 radical (unpaired) electrons. The molecule has 2 rings (SSSR count). The van der Waals surface area contributed by atoms with Gasteiger partial charge in [-0.1, -0.05) is 24.3 Å². The topological polar surface area (TPSA) is 54.4 Å². The highest BCUT2D eigenvalue weighted by Gasteiger charge is 2.22. The third-order valence-electron chi connectivity index (χ3n) is 2.90. The molecule has 1 aliphatic rings. The molecule has 4 heteroatoms. The van der Waals surface area contributed by atoms with Crippen molar-refractivity contribution in [1.82, 2.24) is 0 Å². The summed E-state index contributed by atoms with van der Waals surface area (Å²) >= 11 is 0. The van der Waals surface area contributed by atoms with Crippen LogP contribution in [0.25, 0.3) is 0 Å². The third-order valence-corrected chi connectivity index (χ3v) is 3.79. The molecule has 0 aromatic heterocycles. The molecule has 0 bridgehead atoms. The first kappa shape index (κ1) is 10.6. The van der Waals surface area contributed by atoms with Gasteiger partial charge in [-0.15, -0.1) is 0 Å². The predicted octanol–water partition coefficient (Wildman–Crippen LogP) is 1.68. The summed E-state index contributed by atoms with van der Waals surface area (Å²) in [4.78, 5) is 0. The van der Waals surface area contributed by atoms with Gasteiger partial charge in [-0.2, -0.15) is 8.42 Å². The molecule has 0 saturated heterocycles. The lowest BCUT2D eigenvalue weighted by Gasteiger charge is -2.23. The van der Waals surface area contributed by atoms with Gasteiger partial charge in [0.25, 0.3) is 10.1 Å². The molecule has 0 fully saturated rings. The Balaban J connectivity index is 2.12. The van der Waals surface area contributed by atoms with Crippen LogP contribution in [0.4, 0.5) is 0 Å². The fraction of sp³-hybridized carbons (Fsp3) is 0.455. The van der Waals surface area contributed by atoms with E-state index in [-0.39, 0.29) is 11.7 Å². The van der Waals surface area contributed by atoms with Gasteiger partial charge in [0.1, 0.15) is 0 Å². The molecule has 0 spiro atoms. The highest BCUT2D eigenvalue weighted by molar-refractivity contribution is 7.85. The Kier molecular flexibility index (Phi) is 2.80. The first-order valence-corrected chi connectivity index (χ1v) is 6.67. The predicted molar refractivity (Wildman–Crippen MR) is 58.4 cm³/mol.